The zero-order chi connectivity index (χ0) is 24.0. The van der Waals surface area contributed by atoms with Gasteiger partial charge in [0.15, 0.2) is 0 Å². The lowest BCUT2D eigenvalue weighted by Gasteiger charge is -2.20. The van der Waals surface area contributed by atoms with E-state index in [1.807, 2.05) is 13.8 Å². The molecule has 0 spiro atoms. The molecule has 1 amide bonds. The van der Waals surface area contributed by atoms with Crippen molar-refractivity contribution in [1.29, 1.82) is 10.8 Å². The molecule has 6 N–H and O–H groups in total. The van der Waals surface area contributed by atoms with Crippen LogP contribution in [0.1, 0.15) is 35.3 Å². The highest BCUT2D eigenvalue weighted by Crippen LogP contribution is 2.31. The molecule has 0 radical (unpaired) electrons. The number of benzene rings is 3. The number of nitrogens with two attached hydrogens (primary N) is 2. The Morgan fingerprint density at radius 1 is 0.697 bits per heavy atom. The summed E-state index contributed by atoms with van der Waals surface area (Å²) < 4.78 is 11.9. The van der Waals surface area contributed by atoms with Crippen LogP contribution >= 0.6 is 0 Å². The molecular formula is C25H27N5O3. The Morgan fingerprint density at radius 2 is 1.09 bits per heavy atom. The van der Waals surface area contributed by atoms with E-state index in [1.54, 1.807) is 71.6 Å². The summed E-state index contributed by atoms with van der Waals surface area (Å²) in [6.45, 7) is 5.00. The van der Waals surface area contributed by atoms with E-state index in [0.29, 0.717) is 52.8 Å². The Bertz CT molecular complexity index is 1080. The first-order valence-corrected chi connectivity index (χ1v) is 10.5. The lowest BCUT2D eigenvalue weighted by Crippen LogP contribution is -2.30. The number of carbonyl (C=O) groups is 1. The molecule has 8 nitrogen and oxygen atoms in total. The zero-order valence-electron chi connectivity index (χ0n) is 18.6. The Hall–Kier alpha value is -4.33. The SMILES string of the molecule is CCN(CC)C(=O)c1cc(Oc2ccc(C(=N)N)cc2)cc(Oc2ccc(C(=N)N)cc2)c1. The zero-order valence-corrected chi connectivity index (χ0v) is 18.6. The average molecular weight is 446 g/mol. The molecule has 0 bridgehead atoms. The van der Waals surface area contributed by atoms with Gasteiger partial charge in [-0.25, -0.2) is 0 Å². The van der Waals surface area contributed by atoms with Crippen molar-refractivity contribution < 1.29 is 14.3 Å². The standard InChI is InChI=1S/C25H27N5O3/c1-3-30(4-2)25(31)18-13-21(32-19-9-5-16(6-10-19)23(26)27)15-22(14-18)33-20-11-7-17(8-12-20)24(28)29/h5-15H,3-4H2,1-2H3,(H3,26,27)(H3,28,29). The van der Waals surface area contributed by atoms with Crippen molar-refractivity contribution in [2.45, 2.75) is 13.8 Å². The lowest BCUT2D eigenvalue weighted by atomic mass is 10.1. The van der Waals surface area contributed by atoms with Crippen LogP contribution in [-0.2, 0) is 0 Å². The highest BCUT2D eigenvalue weighted by atomic mass is 16.5. The van der Waals surface area contributed by atoms with Crippen LogP contribution in [0, 0.1) is 10.8 Å². The molecule has 0 saturated heterocycles. The lowest BCUT2D eigenvalue weighted by molar-refractivity contribution is 0.0772. The number of amidine groups is 2. The predicted octanol–water partition coefficient (Wildman–Crippen LogP) is 4.32. The summed E-state index contributed by atoms with van der Waals surface area (Å²) in [5.74, 6) is 1.74. The van der Waals surface area contributed by atoms with E-state index in [4.69, 9.17) is 31.8 Å². The summed E-state index contributed by atoms with van der Waals surface area (Å²) in [4.78, 5) is 14.7. The highest BCUT2D eigenvalue weighted by Gasteiger charge is 2.16. The Morgan fingerprint density at radius 3 is 1.42 bits per heavy atom. The molecule has 33 heavy (non-hydrogen) atoms. The van der Waals surface area contributed by atoms with Crippen molar-refractivity contribution in [3.63, 3.8) is 0 Å². The summed E-state index contributed by atoms with van der Waals surface area (Å²) >= 11 is 0. The van der Waals surface area contributed by atoms with Crippen LogP contribution in [0.15, 0.2) is 66.7 Å². The maximum Gasteiger partial charge on any atom is 0.254 e. The molecule has 0 aliphatic carbocycles. The maximum atomic E-state index is 13.0. The summed E-state index contributed by atoms with van der Waals surface area (Å²) in [5.41, 5.74) is 12.6. The maximum absolute atomic E-state index is 13.0. The van der Waals surface area contributed by atoms with E-state index in [9.17, 15) is 4.79 Å². The van der Waals surface area contributed by atoms with Crippen LogP contribution < -0.4 is 20.9 Å². The van der Waals surface area contributed by atoms with Crippen molar-refractivity contribution in [3.05, 3.63) is 83.4 Å². The first kappa shape index (κ1) is 23.3. The largest absolute Gasteiger partial charge is 0.457 e. The van der Waals surface area contributed by atoms with Gasteiger partial charge in [0.05, 0.1) is 0 Å². The molecule has 3 aromatic rings. The molecule has 8 heteroatoms. The van der Waals surface area contributed by atoms with Crippen molar-refractivity contribution in [2.75, 3.05) is 13.1 Å². The molecular weight excluding hydrogens is 418 g/mol. The van der Waals surface area contributed by atoms with Crippen molar-refractivity contribution >= 4 is 17.6 Å². The molecule has 3 rings (SSSR count). The normalized spacial score (nSPS) is 10.4. The summed E-state index contributed by atoms with van der Waals surface area (Å²) in [6.07, 6.45) is 0. The van der Waals surface area contributed by atoms with Crippen LogP contribution in [0.5, 0.6) is 23.0 Å². The van der Waals surface area contributed by atoms with Gasteiger partial charge < -0.3 is 25.8 Å². The second-order valence-corrected chi connectivity index (χ2v) is 7.25. The number of rotatable bonds is 9. The van der Waals surface area contributed by atoms with Crippen LogP contribution in [0.3, 0.4) is 0 Å². The summed E-state index contributed by atoms with van der Waals surface area (Å²) in [5, 5.41) is 15.0. The Kier molecular flexibility index (Phi) is 7.30. The molecule has 0 saturated carbocycles. The van der Waals surface area contributed by atoms with Gasteiger partial charge in [-0.1, -0.05) is 0 Å². The van der Waals surface area contributed by atoms with Crippen LogP contribution in [0.4, 0.5) is 0 Å². The molecule has 0 aromatic heterocycles. The van der Waals surface area contributed by atoms with Gasteiger partial charge in [0.25, 0.3) is 5.91 Å². The average Bonchev–Trinajstić information content (AvgIpc) is 2.80. The highest BCUT2D eigenvalue weighted by molar-refractivity contribution is 5.96. The van der Waals surface area contributed by atoms with Crippen molar-refractivity contribution in [3.8, 4) is 23.0 Å². The topological polar surface area (TPSA) is 139 Å². The van der Waals surface area contributed by atoms with E-state index in [-0.39, 0.29) is 17.6 Å². The van der Waals surface area contributed by atoms with Gasteiger partial charge in [-0.15, -0.1) is 0 Å². The number of amides is 1. The molecule has 0 aliphatic rings. The minimum absolute atomic E-state index is 0.0279. The van der Waals surface area contributed by atoms with Crippen LogP contribution in [0.2, 0.25) is 0 Å². The van der Waals surface area contributed by atoms with Crippen LogP contribution in [0.25, 0.3) is 0 Å². The second-order valence-electron chi connectivity index (χ2n) is 7.25. The number of carbonyl (C=O) groups excluding carboxylic acids is 1. The van der Waals surface area contributed by atoms with E-state index in [2.05, 4.69) is 0 Å². The molecule has 0 unspecified atom stereocenters. The van der Waals surface area contributed by atoms with Gasteiger partial charge in [-0.3, -0.25) is 15.6 Å². The Balaban J connectivity index is 1.93. The predicted molar refractivity (Wildman–Crippen MR) is 129 cm³/mol. The Labute approximate surface area is 192 Å². The van der Waals surface area contributed by atoms with E-state index < -0.39 is 0 Å². The van der Waals surface area contributed by atoms with Gasteiger partial charge in [0.1, 0.15) is 34.7 Å². The summed E-state index contributed by atoms with van der Waals surface area (Å²) in [6, 6.07) is 18.6. The smallest absolute Gasteiger partial charge is 0.254 e. The first-order chi connectivity index (χ1) is 15.8. The number of nitrogen functional groups attached to an aromatic ring is 2. The van der Waals surface area contributed by atoms with Gasteiger partial charge in [0, 0.05) is 35.8 Å². The molecule has 3 aromatic carbocycles. The molecule has 170 valence electrons. The van der Waals surface area contributed by atoms with Gasteiger partial charge >= 0.3 is 0 Å². The van der Waals surface area contributed by atoms with E-state index in [0.717, 1.165) is 0 Å². The third kappa shape index (κ3) is 5.88. The minimum Gasteiger partial charge on any atom is -0.457 e. The fourth-order valence-corrected chi connectivity index (χ4v) is 3.18. The molecule has 0 fully saturated rings. The van der Waals surface area contributed by atoms with Crippen LogP contribution in [-0.4, -0.2) is 35.6 Å². The number of ether oxygens (including phenoxy) is 2. The summed E-state index contributed by atoms with van der Waals surface area (Å²) in [7, 11) is 0. The third-order valence-corrected chi connectivity index (χ3v) is 4.98. The minimum atomic E-state index is -0.130. The quantitative estimate of drug-likeness (QED) is 0.287. The molecule has 0 aliphatic heterocycles. The molecule has 0 atom stereocenters. The first-order valence-electron chi connectivity index (χ1n) is 10.5. The number of nitrogens with one attached hydrogen (secondary N) is 2. The van der Waals surface area contributed by atoms with Crippen molar-refractivity contribution in [2.24, 2.45) is 11.5 Å². The number of nitrogens with zero attached hydrogens (tertiary/aromatic N) is 1. The fourth-order valence-electron chi connectivity index (χ4n) is 3.18. The monoisotopic (exact) mass is 445 g/mol. The number of hydrogen-bond donors (Lipinski definition) is 4. The second kappa shape index (κ2) is 10.3. The van der Waals surface area contributed by atoms with E-state index in [1.165, 1.54) is 0 Å². The van der Waals surface area contributed by atoms with Gasteiger partial charge in [0.2, 0.25) is 0 Å². The van der Waals surface area contributed by atoms with Gasteiger partial charge in [-0.05, 0) is 74.5 Å². The fraction of sp³-hybridized carbons (Fsp3) is 0.160. The number of hydrogen-bond acceptors (Lipinski definition) is 5. The molecule has 0 heterocycles. The van der Waals surface area contributed by atoms with Crippen molar-refractivity contribution in [1.82, 2.24) is 4.90 Å². The third-order valence-electron chi connectivity index (χ3n) is 4.98. The van der Waals surface area contributed by atoms with E-state index >= 15 is 0 Å². The van der Waals surface area contributed by atoms with Gasteiger partial charge in [-0.2, -0.15) is 0 Å².